The van der Waals surface area contributed by atoms with E-state index >= 15 is 0 Å². The smallest absolute Gasteiger partial charge is 0.240 e. The van der Waals surface area contributed by atoms with Gasteiger partial charge >= 0.3 is 0 Å². The maximum absolute atomic E-state index is 12.0. The van der Waals surface area contributed by atoms with Crippen LogP contribution in [0.1, 0.15) is 11.1 Å². The summed E-state index contributed by atoms with van der Waals surface area (Å²) >= 11 is 0. The summed E-state index contributed by atoms with van der Waals surface area (Å²) in [6, 6.07) is 25.5. The third-order valence-electron chi connectivity index (χ3n) is 3.58. The number of sulfonamides is 1. The first-order valence-electron chi connectivity index (χ1n) is 8.14. The van der Waals surface area contributed by atoms with Crippen LogP contribution in [-0.2, 0) is 23.1 Å². The van der Waals surface area contributed by atoms with E-state index in [4.69, 9.17) is 11.5 Å². The molecule has 3 aromatic carbocycles. The van der Waals surface area contributed by atoms with E-state index in [1.807, 2.05) is 60.7 Å². The Labute approximate surface area is 154 Å². The van der Waals surface area contributed by atoms with E-state index in [0.29, 0.717) is 12.2 Å². The van der Waals surface area contributed by atoms with Crippen molar-refractivity contribution in [2.45, 2.75) is 18.0 Å². The lowest BCUT2D eigenvalue weighted by atomic mass is 10.2. The fraction of sp³-hybridized carbons (Fsp3) is 0.100. The summed E-state index contributed by atoms with van der Waals surface area (Å²) in [6.45, 7) is 0.911. The molecule has 0 unspecified atom stereocenters. The van der Waals surface area contributed by atoms with E-state index < -0.39 is 10.0 Å². The van der Waals surface area contributed by atoms with Crippen LogP contribution in [0.4, 0.5) is 5.69 Å². The van der Waals surface area contributed by atoms with Gasteiger partial charge in [0.2, 0.25) is 10.0 Å². The van der Waals surface area contributed by atoms with Crippen LogP contribution >= 0.6 is 0 Å². The molecule has 0 saturated heterocycles. The molecule has 3 rings (SSSR count). The lowest BCUT2D eigenvalue weighted by Gasteiger charge is -2.07. The zero-order valence-electron chi connectivity index (χ0n) is 14.4. The second-order valence-corrected chi connectivity index (χ2v) is 7.34. The molecule has 0 bridgehead atoms. The molecule has 0 aromatic heterocycles. The summed E-state index contributed by atoms with van der Waals surface area (Å²) in [4.78, 5) is 0.215. The average Bonchev–Trinajstić information content (AvgIpc) is 2.69. The Bertz CT molecular complexity index is 881. The molecule has 26 heavy (non-hydrogen) atoms. The molecular weight excluding hydrogens is 346 g/mol. The predicted molar refractivity (Wildman–Crippen MR) is 106 cm³/mol. The Hall–Kier alpha value is -2.67. The van der Waals surface area contributed by atoms with Gasteiger partial charge in [-0.05, 0) is 35.4 Å². The summed E-state index contributed by atoms with van der Waals surface area (Å²) in [5.74, 6) is 0. The van der Waals surface area contributed by atoms with Gasteiger partial charge in [-0.25, -0.2) is 13.1 Å². The van der Waals surface area contributed by atoms with Crippen LogP contribution in [0.5, 0.6) is 0 Å². The lowest BCUT2D eigenvalue weighted by molar-refractivity contribution is 0.581. The van der Waals surface area contributed by atoms with E-state index in [1.165, 1.54) is 17.7 Å². The molecule has 6 heteroatoms. The molecule has 0 heterocycles. The van der Waals surface area contributed by atoms with Gasteiger partial charge in [-0.2, -0.15) is 0 Å². The van der Waals surface area contributed by atoms with Crippen molar-refractivity contribution in [1.82, 2.24) is 4.72 Å². The first-order valence-corrected chi connectivity index (χ1v) is 9.63. The fourth-order valence-corrected chi connectivity index (χ4v) is 3.14. The van der Waals surface area contributed by atoms with Crippen LogP contribution in [0.3, 0.4) is 0 Å². The first kappa shape index (κ1) is 19.7. The summed E-state index contributed by atoms with van der Waals surface area (Å²) < 4.78 is 26.5. The Balaban J connectivity index is 0.000000254. The van der Waals surface area contributed by atoms with Crippen molar-refractivity contribution in [3.05, 3.63) is 96.1 Å². The lowest BCUT2D eigenvalue weighted by Crippen LogP contribution is -2.23. The van der Waals surface area contributed by atoms with Crippen LogP contribution < -0.4 is 16.2 Å². The number of hydrogen-bond donors (Lipinski definition) is 3. The molecule has 0 fully saturated rings. The van der Waals surface area contributed by atoms with Crippen molar-refractivity contribution >= 4 is 15.7 Å². The van der Waals surface area contributed by atoms with Gasteiger partial charge in [-0.1, -0.05) is 60.7 Å². The topological polar surface area (TPSA) is 98.2 Å². The third-order valence-corrected chi connectivity index (χ3v) is 5.00. The zero-order chi connectivity index (χ0) is 18.8. The third kappa shape index (κ3) is 6.33. The molecule has 0 amide bonds. The quantitative estimate of drug-likeness (QED) is 0.602. The standard InChI is InChI=1S/C13H14N2O2S.C7H9N/c14-12-6-8-13(9-7-12)18(16,17)15-10-11-4-2-1-3-5-11;8-6-7-4-2-1-3-5-7/h1-9,15H,10,14H2;1-5H,6,8H2. The van der Waals surface area contributed by atoms with Gasteiger partial charge in [0.25, 0.3) is 0 Å². The number of anilines is 1. The molecule has 5 N–H and O–H groups in total. The monoisotopic (exact) mass is 369 g/mol. The Morgan fingerprint density at radius 1 is 0.731 bits per heavy atom. The van der Waals surface area contributed by atoms with E-state index in [-0.39, 0.29) is 11.4 Å². The number of hydrogen-bond acceptors (Lipinski definition) is 4. The van der Waals surface area contributed by atoms with Crippen LogP contribution in [0.25, 0.3) is 0 Å². The molecule has 0 aliphatic carbocycles. The number of nitrogens with two attached hydrogens (primary N) is 2. The van der Waals surface area contributed by atoms with E-state index in [2.05, 4.69) is 4.72 Å². The molecular formula is C20H23N3O2S. The Kier molecular flexibility index (Phi) is 7.35. The molecule has 0 spiro atoms. The summed E-state index contributed by atoms with van der Waals surface area (Å²) in [7, 11) is -3.48. The van der Waals surface area contributed by atoms with Gasteiger partial charge in [0, 0.05) is 18.8 Å². The van der Waals surface area contributed by atoms with Crippen molar-refractivity contribution in [2.24, 2.45) is 5.73 Å². The molecule has 0 atom stereocenters. The van der Waals surface area contributed by atoms with Crippen molar-refractivity contribution in [2.75, 3.05) is 5.73 Å². The van der Waals surface area contributed by atoms with E-state index in [1.54, 1.807) is 12.1 Å². The average molecular weight is 369 g/mol. The normalized spacial score (nSPS) is 10.7. The number of nitrogens with one attached hydrogen (secondary N) is 1. The SMILES string of the molecule is NCc1ccccc1.Nc1ccc(S(=O)(=O)NCc2ccccc2)cc1. The van der Waals surface area contributed by atoms with Crippen LogP contribution in [0.2, 0.25) is 0 Å². The number of nitrogen functional groups attached to an aromatic ring is 1. The van der Waals surface area contributed by atoms with E-state index in [9.17, 15) is 8.42 Å². The zero-order valence-corrected chi connectivity index (χ0v) is 15.2. The molecule has 0 saturated carbocycles. The fourth-order valence-electron chi connectivity index (χ4n) is 2.12. The van der Waals surface area contributed by atoms with Crippen molar-refractivity contribution in [3.8, 4) is 0 Å². The van der Waals surface area contributed by atoms with Gasteiger partial charge in [0.05, 0.1) is 4.90 Å². The minimum absolute atomic E-state index is 0.215. The highest BCUT2D eigenvalue weighted by Crippen LogP contribution is 2.12. The van der Waals surface area contributed by atoms with Crippen molar-refractivity contribution in [3.63, 3.8) is 0 Å². The maximum atomic E-state index is 12.0. The van der Waals surface area contributed by atoms with Crippen LogP contribution in [-0.4, -0.2) is 8.42 Å². The van der Waals surface area contributed by atoms with Gasteiger partial charge in [0.1, 0.15) is 0 Å². The summed E-state index contributed by atoms with van der Waals surface area (Å²) in [5.41, 5.74) is 13.5. The second kappa shape index (κ2) is 9.72. The highest BCUT2D eigenvalue weighted by Gasteiger charge is 2.12. The second-order valence-electron chi connectivity index (χ2n) is 5.57. The molecule has 0 radical (unpaired) electrons. The van der Waals surface area contributed by atoms with E-state index in [0.717, 1.165) is 5.56 Å². The number of benzene rings is 3. The molecule has 136 valence electrons. The summed E-state index contributed by atoms with van der Waals surface area (Å²) in [5, 5.41) is 0. The minimum atomic E-state index is -3.48. The molecule has 3 aromatic rings. The molecule has 0 aliphatic heterocycles. The van der Waals surface area contributed by atoms with Crippen LogP contribution in [0.15, 0.2) is 89.8 Å². The number of rotatable bonds is 5. The highest BCUT2D eigenvalue weighted by atomic mass is 32.2. The molecule has 5 nitrogen and oxygen atoms in total. The van der Waals surface area contributed by atoms with Gasteiger partial charge in [-0.15, -0.1) is 0 Å². The van der Waals surface area contributed by atoms with Gasteiger partial charge in [0.15, 0.2) is 0 Å². The van der Waals surface area contributed by atoms with Crippen molar-refractivity contribution < 1.29 is 8.42 Å². The Morgan fingerprint density at radius 3 is 1.69 bits per heavy atom. The van der Waals surface area contributed by atoms with Gasteiger partial charge in [-0.3, -0.25) is 0 Å². The minimum Gasteiger partial charge on any atom is -0.399 e. The predicted octanol–water partition coefficient (Wildman–Crippen LogP) is 2.89. The van der Waals surface area contributed by atoms with Gasteiger partial charge < -0.3 is 11.5 Å². The Morgan fingerprint density at radius 2 is 1.23 bits per heavy atom. The maximum Gasteiger partial charge on any atom is 0.240 e. The van der Waals surface area contributed by atoms with Crippen molar-refractivity contribution in [1.29, 1.82) is 0 Å². The molecule has 0 aliphatic rings. The highest BCUT2D eigenvalue weighted by molar-refractivity contribution is 7.89. The summed E-state index contributed by atoms with van der Waals surface area (Å²) in [6.07, 6.45) is 0. The first-order chi connectivity index (χ1) is 12.5. The van der Waals surface area contributed by atoms with Crippen LogP contribution in [0, 0.1) is 0 Å². The largest absolute Gasteiger partial charge is 0.399 e.